The van der Waals surface area contributed by atoms with E-state index < -0.39 is 18.0 Å². The van der Waals surface area contributed by atoms with Gasteiger partial charge in [0.1, 0.15) is 6.10 Å². The molecule has 1 aliphatic rings. The van der Waals surface area contributed by atoms with Gasteiger partial charge in [0, 0.05) is 11.3 Å². The van der Waals surface area contributed by atoms with Crippen molar-refractivity contribution in [3.05, 3.63) is 64.7 Å². The van der Waals surface area contributed by atoms with E-state index in [1.807, 2.05) is 6.92 Å². The van der Waals surface area contributed by atoms with Gasteiger partial charge >= 0.3 is 11.9 Å². The minimum absolute atomic E-state index is 0.00461. The molecule has 6 heteroatoms. The number of hydrogen-bond donors (Lipinski definition) is 1. The Morgan fingerprint density at radius 1 is 1.20 bits per heavy atom. The second-order valence-corrected chi connectivity index (χ2v) is 5.75. The number of methoxy groups -OCH3 is 1. The summed E-state index contributed by atoms with van der Waals surface area (Å²) in [5.74, 6) is -1.20. The van der Waals surface area contributed by atoms with Gasteiger partial charge in [-0.05, 0) is 30.7 Å². The predicted molar refractivity (Wildman–Crippen MR) is 90.4 cm³/mol. The summed E-state index contributed by atoms with van der Waals surface area (Å²) >= 11 is 0. The van der Waals surface area contributed by atoms with Crippen molar-refractivity contribution in [3.8, 4) is 0 Å². The first-order chi connectivity index (χ1) is 12.0. The molecule has 1 amide bonds. The maximum Gasteiger partial charge on any atom is 0.339 e. The van der Waals surface area contributed by atoms with E-state index in [0.29, 0.717) is 22.4 Å². The average Bonchev–Trinajstić information content (AvgIpc) is 2.92. The molecular weight excluding hydrogens is 322 g/mol. The van der Waals surface area contributed by atoms with Gasteiger partial charge in [-0.3, -0.25) is 4.79 Å². The Morgan fingerprint density at radius 2 is 1.96 bits per heavy atom. The smallest absolute Gasteiger partial charge is 0.339 e. The fraction of sp³-hybridized carbons (Fsp3) is 0.211. The third-order valence-electron chi connectivity index (χ3n) is 4.08. The average molecular weight is 339 g/mol. The zero-order valence-electron chi connectivity index (χ0n) is 13.9. The van der Waals surface area contributed by atoms with Crippen LogP contribution in [0, 0.1) is 6.92 Å². The van der Waals surface area contributed by atoms with E-state index in [4.69, 9.17) is 4.74 Å². The fourth-order valence-electron chi connectivity index (χ4n) is 2.74. The number of esters is 2. The van der Waals surface area contributed by atoms with E-state index in [2.05, 4.69) is 10.1 Å². The fourth-order valence-corrected chi connectivity index (χ4v) is 2.74. The minimum atomic E-state index is -0.604. The molecule has 0 spiro atoms. The van der Waals surface area contributed by atoms with Gasteiger partial charge in [0.05, 0.1) is 24.7 Å². The molecule has 3 rings (SSSR count). The number of fused-ring (bicyclic) bond motifs is 1. The summed E-state index contributed by atoms with van der Waals surface area (Å²) in [4.78, 5) is 35.8. The lowest BCUT2D eigenvalue weighted by Gasteiger charge is -2.13. The van der Waals surface area contributed by atoms with Gasteiger partial charge in [0.2, 0.25) is 5.91 Å². The normalized spacial score (nSPS) is 15.3. The summed E-state index contributed by atoms with van der Waals surface area (Å²) in [6.07, 6.45) is -0.599. The standard InChI is InChI=1S/C19H17NO5/c1-11-7-8-12(18(22)24-2)9-15(11)20-17(21)10-16-13-5-3-4-6-14(13)19(23)25-16/h3-9,16H,10H2,1-2H3,(H,20,21)/t16-/m0/s1. The molecule has 0 saturated heterocycles. The van der Waals surface area contributed by atoms with Crippen molar-refractivity contribution in [3.63, 3.8) is 0 Å². The van der Waals surface area contributed by atoms with E-state index >= 15 is 0 Å². The van der Waals surface area contributed by atoms with Gasteiger partial charge < -0.3 is 14.8 Å². The Morgan fingerprint density at radius 3 is 2.72 bits per heavy atom. The number of cyclic esters (lactones) is 1. The molecule has 1 aliphatic heterocycles. The lowest BCUT2D eigenvalue weighted by atomic mass is 10.0. The SMILES string of the molecule is COC(=O)c1ccc(C)c(NC(=O)C[C@@H]2OC(=O)c3ccccc32)c1. The molecule has 2 aromatic carbocycles. The highest BCUT2D eigenvalue weighted by atomic mass is 16.5. The van der Waals surface area contributed by atoms with Crippen LogP contribution in [0.3, 0.4) is 0 Å². The van der Waals surface area contributed by atoms with Gasteiger partial charge in [-0.15, -0.1) is 0 Å². The Balaban J connectivity index is 1.74. The van der Waals surface area contributed by atoms with Crippen molar-refractivity contribution in [1.82, 2.24) is 0 Å². The highest BCUT2D eigenvalue weighted by Crippen LogP contribution is 2.33. The highest BCUT2D eigenvalue weighted by Gasteiger charge is 2.32. The molecule has 1 N–H and O–H groups in total. The molecule has 0 fully saturated rings. The summed E-state index contributed by atoms with van der Waals surface area (Å²) < 4.78 is 9.96. The van der Waals surface area contributed by atoms with Gasteiger partial charge in [0.25, 0.3) is 0 Å². The first kappa shape index (κ1) is 16.7. The van der Waals surface area contributed by atoms with E-state index in [1.165, 1.54) is 7.11 Å². The molecule has 1 heterocycles. The molecule has 0 bridgehead atoms. The number of carbonyl (C=O) groups is 3. The van der Waals surface area contributed by atoms with Gasteiger partial charge in [-0.25, -0.2) is 9.59 Å². The number of aryl methyl sites for hydroxylation is 1. The summed E-state index contributed by atoms with van der Waals surface area (Å²) in [6.45, 7) is 1.82. The van der Waals surface area contributed by atoms with Crippen molar-refractivity contribution in [1.29, 1.82) is 0 Å². The molecule has 2 aromatic rings. The van der Waals surface area contributed by atoms with E-state index in [9.17, 15) is 14.4 Å². The van der Waals surface area contributed by atoms with Crippen LogP contribution in [0.5, 0.6) is 0 Å². The van der Waals surface area contributed by atoms with Crippen LogP contribution in [0.25, 0.3) is 0 Å². The lowest BCUT2D eigenvalue weighted by molar-refractivity contribution is -0.118. The van der Waals surface area contributed by atoms with Crippen LogP contribution in [-0.2, 0) is 14.3 Å². The summed E-state index contributed by atoms with van der Waals surface area (Å²) in [6, 6.07) is 11.9. The third kappa shape index (κ3) is 3.38. The van der Waals surface area contributed by atoms with Crippen molar-refractivity contribution in [2.75, 3.05) is 12.4 Å². The van der Waals surface area contributed by atoms with Crippen LogP contribution in [0.2, 0.25) is 0 Å². The van der Waals surface area contributed by atoms with E-state index in [0.717, 1.165) is 5.56 Å². The van der Waals surface area contributed by atoms with Gasteiger partial charge in [-0.1, -0.05) is 24.3 Å². The number of nitrogens with one attached hydrogen (secondary N) is 1. The largest absolute Gasteiger partial charge is 0.465 e. The van der Waals surface area contributed by atoms with E-state index in [1.54, 1.807) is 42.5 Å². The molecule has 6 nitrogen and oxygen atoms in total. The molecule has 0 aromatic heterocycles. The van der Waals surface area contributed by atoms with Crippen LogP contribution in [0.15, 0.2) is 42.5 Å². The maximum atomic E-state index is 12.4. The number of benzene rings is 2. The Bertz CT molecular complexity index is 859. The van der Waals surface area contributed by atoms with Crippen molar-refractivity contribution in [2.24, 2.45) is 0 Å². The Kier molecular flexibility index (Phi) is 4.52. The number of carbonyl (C=O) groups excluding carboxylic acids is 3. The molecular formula is C19H17NO5. The predicted octanol–water partition coefficient (Wildman–Crippen LogP) is 3.02. The quantitative estimate of drug-likeness (QED) is 0.866. The second kappa shape index (κ2) is 6.76. The number of amides is 1. The molecule has 25 heavy (non-hydrogen) atoms. The third-order valence-corrected chi connectivity index (χ3v) is 4.08. The minimum Gasteiger partial charge on any atom is -0.465 e. The zero-order chi connectivity index (χ0) is 18.0. The van der Waals surface area contributed by atoms with Crippen LogP contribution in [0.4, 0.5) is 5.69 Å². The first-order valence-electron chi connectivity index (χ1n) is 7.78. The van der Waals surface area contributed by atoms with Crippen LogP contribution in [-0.4, -0.2) is 25.0 Å². The lowest BCUT2D eigenvalue weighted by Crippen LogP contribution is -2.17. The topological polar surface area (TPSA) is 81.7 Å². The van der Waals surface area contributed by atoms with E-state index in [-0.39, 0.29) is 12.3 Å². The number of hydrogen-bond acceptors (Lipinski definition) is 5. The van der Waals surface area contributed by atoms with Crippen LogP contribution >= 0.6 is 0 Å². The Hall–Kier alpha value is -3.15. The summed E-state index contributed by atoms with van der Waals surface area (Å²) in [5, 5.41) is 2.76. The van der Waals surface area contributed by atoms with Crippen LogP contribution in [0.1, 0.15) is 44.4 Å². The highest BCUT2D eigenvalue weighted by molar-refractivity contribution is 5.97. The molecule has 0 radical (unpaired) electrons. The number of anilines is 1. The molecule has 128 valence electrons. The van der Waals surface area contributed by atoms with Gasteiger partial charge in [0.15, 0.2) is 0 Å². The monoisotopic (exact) mass is 339 g/mol. The number of ether oxygens (including phenoxy) is 2. The van der Waals surface area contributed by atoms with Crippen molar-refractivity contribution >= 4 is 23.5 Å². The zero-order valence-corrected chi connectivity index (χ0v) is 13.9. The second-order valence-electron chi connectivity index (χ2n) is 5.75. The molecule has 1 atom stereocenters. The first-order valence-corrected chi connectivity index (χ1v) is 7.78. The van der Waals surface area contributed by atoms with Crippen molar-refractivity contribution in [2.45, 2.75) is 19.4 Å². The molecule has 0 saturated carbocycles. The number of rotatable bonds is 4. The van der Waals surface area contributed by atoms with Crippen LogP contribution < -0.4 is 5.32 Å². The molecule has 0 unspecified atom stereocenters. The summed E-state index contributed by atoms with van der Waals surface area (Å²) in [5.41, 5.74) is 2.88. The summed E-state index contributed by atoms with van der Waals surface area (Å²) in [7, 11) is 1.30. The Labute approximate surface area is 144 Å². The van der Waals surface area contributed by atoms with Gasteiger partial charge in [-0.2, -0.15) is 0 Å². The maximum absolute atomic E-state index is 12.4. The van der Waals surface area contributed by atoms with Crippen molar-refractivity contribution < 1.29 is 23.9 Å². The molecule has 0 aliphatic carbocycles.